The number of hydrogen-bond donors (Lipinski definition) is 1. The Kier molecular flexibility index (Phi) is 3.82. The van der Waals surface area contributed by atoms with Gasteiger partial charge in [-0.2, -0.15) is 5.10 Å². The van der Waals surface area contributed by atoms with Gasteiger partial charge in [-0.3, -0.25) is 0 Å². The van der Waals surface area contributed by atoms with Gasteiger partial charge in [0, 0.05) is 6.04 Å². The smallest absolute Gasteiger partial charge is 0.138 e. The van der Waals surface area contributed by atoms with Crippen LogP contribution in [0.3, 0.4) is 0 Å². The van der Waals surface area contributed by atoms with E-state index in [1.165, 1.54) is 6.33 Å². The lowest BCUT2D eigenvalue weighted by molar-refractivity contribution is 0.814. The summed E-state index contributed by atoms with van der Waals surface area (Å²) in [5.74, 6) is 0. The highest BCUT2D eigenvalue weighted by atomic mass is 35.5. The fraction of sp³-hybridized carbons (Fsp3) is 0.200. The molecule has 2 N–H and O–H groups in total. The molecule has 5 heteroatoms. The van der Waals surface area contributed by atoms with Gasteiger partial charge in [0.15, 0.2) is 0 Å². The van der Waals surface area contributed by atoms with E-state index >= 15 is 0 Å². The molecule has 0 aliphatic carbocycles. The highest BCUT2D eigenvalue weighted by Crippen LogP contribution is 2.12. The molecular formula is C10H13ClN4. The molecule has 0 saturated carbocycles. The molecule has 1 aromatic carbocycles. The molecule has 0 bridgehead atoms. The van der Waals surface area contributed by atoms with Crippen LogP contribution in [0, 0.1) is 0 Å². The molecule has 2 aromatic rings. The second-order valence-corrected chi connectivity index (χ2v) is 3.22. The zero-order valence-corrected chi connectivity index (χ0v) is 9.19. The van der Waals surface area contributed by atoms with Crippen LogP contribution in [-0.2, 0) is 0 Å². The standard InChI is InChI=1S/C10H12N4.ClH/c1-8(11)9-2-4-10(5-3-9)14-7-12-6-13-14;/h2-8H,11H2,1H3;1H. The van der Waals surface area contributed by atoms with Crippen LogP contribution in [-0.4, -0.2) is 14.8 Å². The van der Waals surface area contributed by atoms with Gasteiger partial charge >= 0.3 is 0 Å². The van der Waals surface area contributed by atoms with E-state index in [0.717, 1.165) is 11.3 Å². The summed E-state index contributed by atoms with van der Waals surface area (Å²) in [5, 5.41) is 4.04. The molecule has 0 fully saturated rings. The van der Waals surface area contributed by atoms with E-state index in [-0.39, 0.29) is 18.4 Å². The first kappa shape index (κ1) is 11.7. The van der Waals surface area contributed by atoms with E-state index in [0.29, 0.717) is 0 Å². The Morgan fingerprint density at radius 2 is 1.93 bits per heavy atom. The molecule has 1 unspecified atom stereocenters. The third kappa shape index (κ3) is 2.55. The minimum absolute atomic E-state index is 0. The van der Waals surface area contributed by atoms with Crippen LogP contribution in [0.15, 0.2) is 36.9 Å². The topological polar surface area (TPSA) is 56.7 Å². The summed E-state index contributed by atoms with van der Waals surface area (Å²) in [6.45, 7) is 1.96. The summed E-state index contributed by atoms with van der Waals surface area (Å²) in [6, 6.07) is 8.03. The van der Waals surface area contributed by atoms with Gasteiger partial charge < -0.3 is 5.73 Å². The van der Waals surface area contributed by atoms with E-state index < -0.39 is 0 Å². The van der Waals surface area contributed by atoms with Crippen molar-refractivity contribution in [3.05, 3.63) is 42.5 Å². The Bertz CT molecular complexity index is 394. The number of hydrogen-bond acceptors (Lipinski definition) is 3. The summed E-state index contributed by atoms with van der Waals surface area (Å²) in [7, 11) is 0. The van der Waals surface area contributed by atoms with Gasteiger partial charge in [0.1, 0.15) is 12.7 Å². The predicted octanol–water partition coefficient (Wildman–Crippen LogP) is 1.71. The Morgan fingerprint density at radius 1 is 1.27 bits per heavy atom. The van der Waals surface area contributed by atoms with Crippen LogP contribution in [0.5, 0.6) is 0 Å². The maximum Gasteiger partial charge on any atom is 0.138 e. The van der Waals surface area contributed by atoms with E-state index in [4.69, 9.17) is 5.73 Å². The van der Waals surface area contributed by atoms with Crippen LogP contribution in [0.1, 0.15) is 18.5 Å². The number of rotatable bonds is 2. The fourth-order valence-corrected chi connectivity index (χ4v) is 1.27. The SMILES string of the molecule is CC(N)c1ccc(-n2cncn2)cc1.Cl. The van der Waals surface area contributed by atoms with Crippen molar-refractivity contribution in [2.75, 3.05) is 0 Å². The number of nitrogens with zero attached hydrogens (tertiary/aromatic N) is 3. The third-order valence-corrected chi connectivity index (χ3v) is 2.10. The van der Waals surface area contributed by atoms with Crippen molar-refractivity contribution in [2.24, 2.45) is 5.73 Å². The van der Waals surface area contributed by atoms with Crippen molar-refractivity contribution in [3.8, 4) is 5.69 Å². The lowest BCUT2D eigenvalue weighted by Crippen LogP contribution is -2.05. The number of nitrogens with two attached hydrogens (primary N) is 1. The predicted molar refractivity (Wildman–Crippen MR) is 61.2 cm³/mol. The van der Waals surface area contributed by atoms with Crippen molar-refractivity contribution in [3.63, 3.8) is 0 Å². The number of aromatic nitrogens is 3. The molecule has 1 aromatic heterocycles. The normalized spacial score (nSPS) is 11.9. The van der Waals surface area contributed by atoms with Gasteiger partial charge in [0.2, 0.25) is 0 Å². The molecule has 1 heterocycles. The molecule has 0 amide bonds. The van der Waals surface area contributed by atoms with Gasteiger partial charge in [-0.05, 0) is 24.6 Å². The van der Waals surface area contributed by atoms with Crippen LogP contribution < -0.4 is 5.73 Å². The van der Waals surface area contributed by atoms with Gasteiger partial charge in [0.25, 0.3) is 0 Å². The zero-order valence-electron chi connectivity index (χ0n) is 8.37. The summed E-state index contributed by atoms with van der Waals surface area (Å²) in [4.78, 5) is 3.88. The monoisotopic (exact) mass is 224 g/mol. The highest BCUT2D eigenvalue weighted by molar-refractivity contribution is 5.85. The number of halogens is 1. The quantitative estimate of drug-likeness (QED) is 0.845. The minimum Gasteiger partial charge on any atom is -0.324 e. The van der Waals surface area contributed by atoms with E-state index in [9.17, 15) is 0 Å². The van der Waals surface area contributed by atoms with Crippen molar-refractivity contribution < 1.29 is 0 Å². The zero-order chi connectivity index (χ0) is 9.97. The first-order valence-corrected chi connectivity index (χ1v) is 4.48. The van der Waals surface area contributed by atoms with Gasteiger partial charge in [0.05, 0.1) is 5.69 Å². The molecule has 0 radical (unpaired) electrons. The van der Waals surface area contributed by atoms with Gasteiger partial charge in [-0.1, -0.05) is 12.1 Å². The first-order valence-electron chi connectivity index (χ1n) is 4.48. The van der Waals surface area contributed by atoms with Crippen LogP contribution >= 0.6 is 12.4 Å². The average molecular weight is 225 g/mol. The van der Waals surface area contributed by atoms with Crippen molar-refractivity contribution in [2.45, 2.75) is 13.0 Å². The molecule has 0 spiro atoms. The summed E-state index contributed by atoms with van der Waals surface area (Å²) in [5.41, 5.74) is 7.86. The Hall–Kier alpha value is -1.39. The molecule has 0 aliphatic rings. The van der Waals surface area contributed by atoms with Crippen LogP contribution in [0.2, 0.25) is 0 Å². The van der Waals surface area contributed by atoms with Crippen molar-refractivity contribution in [1.82, 2.24) is 14.8 Å². The molecule has 0 saturated heterocycles. The van der Waals surface area contributed by atoms with Crippen LogP contribution in [0.4, 0.5) is 0 Å². The maximum atomic E-state index is 5.75. The van der Waals surface area contributed by atoms with Crippen LogP contribution in [0.25, 0.3) is 5.69 Å². The molecule has 4 nitrogen and oxygen atoms in total. The van der Waals surface area contributed by atoms with Crippen molar-refractivity contribution in [1.29, 1.82) is 0 Å². The summed E-state index contributed by atoms with van der Waals surface area (Å²) < 4.78 is 1.71. The highest BCUT2D eigenvalue weighted by Gasteiger charge is 2.00. The summed E-state index contributed by atoms with van der Waals surface area (Å²) in [6.07, 6.45) is 3.18. The lowest BCUT2D eigenvalue weighted by Gasteiger charge is -2.06. The minimum atomic E-state index is 0. The van der Waals surface area contributed by atoms with Crippen molar-refractivity contribution >= 4 is 12.4 Å². The lowest BCUT2D eigenvalue weighted by atomic mass is 10.1. The number of benzene rings is 1. The molecule has 80 valence electrons. The largest absolute Gasteiger partial charge is 0.324 e. The molecular weight excluding hydrogens is 212 g/mol. The van der Waals surface area contributed by atoms with Gasteiger partial charge in [-0.15, -0.1) is 12.4 Å². The molecule has 2 rings (SSSR count). The van der Waals surface area contributed by atoms with E-state index in [1.807, 2.05) is 31.2 Å². The second-order valence-electron chi connectivity index (χ2n) is 3.22. The molecule has 0 aliphatic heterocycles. The first-order chi connectivity index (χ1) is 6.77. The Labute approximate surface area is 94.5 Å². The maximum absolute atomic E-state index is 5.75. The second kappa shape index (κ2) is 4.91. The summed E-state index contributed by atoms with van der Waals surface area (Å²) >= 11 is 0. The van der Waals surface area contributed by atoms with E-state index in [2.05, 4.69) is 10.1 Å². The van der Waals surface area contributed by atoms with Gasteiger partial charge in [-0.25, -0.2) is 9.67 Å². The van der Waals surface area contributed by atoms with E-state index in [1.54, 1.807) is 11.0 Å². The Balaban J connectivity index is 0.00000112. The fourth-order valence-electron chi connectivity index (χ4n) is 1.27. The molecule has 1 atom stereocenters. The Morgan fingerprint density at radius 3 is 2.40 bits per heavy atom. The average Bonchev–Trinajstić information content (AvgIpc) is 2.71. The molecule has 15 heavy (non-hydrogen) atoms. The third-order valence-electron chi connectivity index (χ3n) is 2.10.